The van der Waals surface area contributed by atoms with E-state index in [0.29, 0.717) is 13.2 Å². The Morgan fingerprint density at radius 2 is 2.08 bits per heavy atom. The molecule has 0 saturated heterocycles. The summed E-state index contributed by atoms with van der Waals surface area (Å²) in [5.74, 6) is 0. The Labute approximate surface area is 74.9 Å². The highest BCUT2D eigenvalue weighted by Gasteiger charge is 1.98. The van der Waals surface area contributed by atoms with Crippen LogP contribution in [0.4, 0.5) is 0 Å². The van der Waals surface area contributed by atoms with E-state index in [9.17, 15) is 0 Å². The van der Waals surface area contributed by atoms with Crippen molar-refractivity contribution in [3.05, 3.63) is 23.5 Å². The minimum atomic E-state index is 0.607. The molecule has 0 N–H and O–H groups in total. The van der Waals surface area contributed by atoms with Gasteiger partial charge in [0.05, 0.1) is 19.5 Å². The Hall–Kier alpha value is -0.760. The molecular weight excluding hydrogens is 152 g/mol. The largest absolute Gasteiger partial charge is 0.501 e. The molecule has 0 fully saturated rings. The van der Waals surface area contributed by atoms with Gasteiger partial charge in [-0.1, -0.05) is 6.08 Å². The number of rotatable bonds is 5. The predicted molar refractivity (Wildman–Crippen MR) is 51.0 cm³/mol. The molecule has 0 saturated carbocycles. The summed E-state index contributed by atoms with van der Waals surface area (Å²) in [6.45, 7) is 7.32. The Morgan fingerprint density at radius 1 is 1.42 bits per heavy atom. The van der Waals surface area contributed by atoms with Crippen LogP contribution in [0, 0.1) is 0 Å². The molecule has 0 aromatic heterocycles. The maximum Gasteiger partial charge on any atom is 0.0886 e. The van der Waals surface area contributed by atoms with Gasteiger partial charge in [0.1, 0.15) is 0 Å². The molecule has 12 heavy (non-hydrogen) atoms. The summed E-state index contributed by atoms with van der Waals surface area (Å²) in [5.41, 5.74) is 2.30. The fourth-order valence-corrected chi connectivity index (χ4v) is 0.766. The smallest absolute Gasteiger partial charge is 0.0886 e. The first-order valence-electron chi connectivity index (χ1n) is 4.19. The van der Waals surface area contributed by atoms with Crippen LogP contribution in [0.1, 0.15) is 20.8 Å². The summed E-state index contributed by atoms with van der Waals surface area (Å²) in [6.07, 6.45) is 3.81. The Morgan fingerprint density at radius 3 is 2.50 bits per heavy atom. The third kappa shape index (κ3) is 4.19. The molecule has 0 bridgehead atoms. The minimum absolute atomic E-state index is 0.607. The topological polar surface area (TPSA) is 18.5 Å². The van der Waals surface area contributed by atoms with Gasteiger partial charge in [0, 0.05) is 12.7 Å². The maximum atomic E-state index is 5.19. The van der Waals surface area contributed by atoms with E-state index >= 15 is 0 Å². The molecule has 0 aliphatic carbocycles. The molecule has 2 heteroatoms. The van der Waals surface area contributed by atoms with Crippen molar-refractivity contribution in [1.82, 2.24) is 0 Å². The fraction of sp³-hybridized carbons (Fsp3) is 0.600. The molecule has 0 radical (unpaired) electrons. The van der Waals surface area contributed by atoms with Crippen molar-refractivity contribution in [2.45, 2.75) is 20.8 Å². The molecule has 0 spiro atoms. The van der Waals surface area contributed by atoms with Crippen molar-refractivity contribution in [1.29, 1.82) is 0 Å². The van der Waals surface area contributed by atoms with Crippen LogP contribution in [0.15, 0.2) is 23.5 Å². The van der Waals surface area contributed by atoms with Gasteiger partial charge < -0.3 is 9.47 Å². The van der Waals surface area contributed by atoms with Crippen molar-refractivity contribution in [3.8, 4) is 0 Å². The third-order valence-corrected chi connectivity index (χ3v) is 1.63. The standard InChI is InChI=1S/C10H18O2/c1-5-9(3)10(7-11-4)8-12-6-2/h5,8H,6-7H2,1-4H3/b9-5-,10-8+. The van der Waals surface area contributed by atoms with Crippen LogP contribution < -0.4 is 0 Å². The maximum absolute atomic E-state index is 5.19. The van der Waals surface area contributed by atoms with E-state index in [-0.39, 0.29) is 0 Å². The molecule has 2 nitrogen and oxygen atoms in total. The number of methoxy groups -OCH3 is 1. The first kappa shape index (κ1) is 11.2. The van der Waals surface area contributed by atoms with E-state index in [1.165, 1.54) is 5.57 Å². The highest BCUT2D eigenvalue weighted by molar-refractivity contribution is 5.27. The Balaban J connectivity index is 4.21. The first-order chi connectivity index (χ1) is 5.76. The highest BCUT2D eigenvalue weighted by Crippen LogP contribution is 2.09. The second kappa shape index (κ2) is 6.92. The van der Waals surface area contributed by atoms with Crippen molar-refractivity contribution >= 4 is 0 Å². The zero-order valence-electron chi connectivity index (χ0n) is 8.39. The molecule has 0 aliphatic heterocycles. The van der Waals surface area contributed by atoms with Crippen LogP contribution in [-0.2, 0) is 9.47 Å². The van der Waals surface area contributed by atoms with E-state index in [4.69, 9.17) is 9.47 Å². The molecule has 0 amide bonds. The van der Waals surface area contributed by atoms with Gasteiger partial charge in [0.25, 0.3) is 0 Å². The van der Waals surface area contributed by atoms with Crippen LogP contribution in [0.2, 0.25) is 0 Å². The van der Waals surface area contributed by atoms with E-state index < -0.39 is 0 Å². The van der Waals surface area contributed by atoms with Gasteiger partial charge in [-0.15, -0.1) is 0 Å². The lowest BCUT2D eigenvalue weighted by molar-refractivity contribution is 0.215. The van der Waals surface area contributed by atoms with Gasteiger partial charge in [0.2, 0.25) is 0 Å². The molecule has 0 atom stereocenters. The van der Waals surface area contributed by atoms with Crippen LogP contribution in [0.3, 0.4) is 0 Å². The summed E-state index contributed by atoms with van der Waals surface area (Å²) in [6, 6.07) is 0. The second-order valence-electron chi connectivity index (χ2n) is 2.50. The summed E-state index contributed by atoms with van der Waals surface area (Å²) in [5, 5.41) is 0. The number of hydrogen-bond acceptors (Lipinski definition) is 2. The predicted octanol–water partition coefficient (Wildman–Crippen LogP) is 2.52. The highest BCUT2D eigenvalue weighted by atomic mass is 16.5. The average Bonchev–Trinajstić information content (AvgIpc) is 2.11. The molecular formula is C10H18O2. The Kier molecular flexibility index (Phi) is 6.48. The van der Waals surface area contributed by atoms with Gasteiger partial charge >= 0.3 is 0 Å². The summed E-state index contributed by atoms with van der Waals surface area (Å²) in [7, 11) is 1.68. The molecule has 0 aliphatic rings. The lowest BCUT2D eigenvalue weighted by Gasteiger charge is -2.06. The quantitative estimate of drug-likeness (QED) is 0.466. The first-order valence-corrected chi connectivity index (χ1v) is 4.19. The SMILES string of the molecule is C/C=C(C)\C(=C\OCC)COC. The molecule has 0 aromatic rings. The lowest BCUT2D eigenvalue weighted by atomic mass is 10.1. The van der Waals surface area contributed by atoms with Gasteiger partial charge in [-0.2, -0.15) is 0 Å². The van der Waals surface area contributed by atoms with Crippen molar-refractivity contribution in [2.24, 2.45) is 0 Å². The van der Waals surface area contributed by atoms with E-state index in [0.717, 1.165) is 5.57 Å². The lowest BCUT2D eigenvalue weighted by Crippen LogP contribution is -1.97. The van der Waals surface area contributed by atoms with Gasteiger partial charge in [0.15, 0.2) is 0 Å². The minimum Gasteiger partial charge on any atom is -0.501 e. The van der Waals surface area contributed by atoms with Crippen LogP contribution in [0.5, 0.6) is 0 Å². The monoisotopic (exact) mass is 170 g/mol. The van der Waals surface area contributed by atoms with Gasteiger partial charge in [-0.3, -0.25) is 0 Å². The zero-order chi connectivity index (χ0) is 9.40. The molecule has 0 unspecified atom stereocenters. The van der Waals surface area contributed by atoms with E-state index in [1.54, 1.807) is 13.4 Å². The summed E-state index contributed by atoms with van der Waals surface area (Å²) < 4.78 is 10.2. The van der Waals surface area contributed by atoms with E-state index in [2.05, 4.69) is 0 Å². The molecule has 0 heterocycles. The van der Waals surface area contributed by atoms with Crippen molar-refractivity contribution in [2.75, 3.05) is 20.3 Å². The average molecular weight is 170 g/mol. The molecule has 0 aromatic carbocycles. The van der Waals surface area contributed by atoms with Crippen molar-refractivity contribution in [3.63, 3.8) is 0 Å². The fourth-order valence-electron chi connectivity index (χ4n) is 0.766. The summed E-state index contributed by atoms with van der Waals surface area (Å²) >= 11 is 0. The van der Waals surface area contributed by atoms with E-state index in [1.807, 2.05) is 26.8 Å². The van der Waals surface area contributed by atoms with Gasteiger partial charge in [-0.25, -0.2) is 0 Å². The Bertz CT molecular complexity index is 169. The van der Waals surface area contributed by atoms with Crippen LogP contribution in [0.25, 0.3) is 0 Å². The molecule has 0 rings (SSSR count). The van der Waals surface area contributed by atoms with Crippen LogP contribution >= 0.6 is 0 Å². The third-order valence-electron chi connectivity index (χ3n) is 1.63. The van der Waals surface area contributed by atoms with Crippen molar-refractivity contribution < 1.29 is 9.47 Å². The van der Waals surface area contributed by atoms with Crippen LogP contribution in [-0.4, -0.2) is 20.3 Å². The number of allylic oxidation sites excluding steroid dienone is 1. The normalized spacial score (nSPS) is 13.3. The number of ether oxygens (including phenoxy) is 2. The zero-order valence-corrected chi connectivity index (χ0v) is 8.39. The second-order valence-corrected chi connectivity index (χ2v) is 2.50. The summed E-state index contributed by atoms with van der Waals surface area (Å²) in [4.78, 5) is 0. The number of hydrogen-bond donors (Lipinski definition) is 0. The molecule has 70 valence electrons. The van der Waals surface area contributed by atoms with Gasteiger partial charge in [-0.05, 0) is 26.3 Å².